The number of nitrogens with zero attached hydrogens (tertiary/aromatic N) is 2. The van der Waals surface area contributed by atoms with Crippen molar-refractivity contribution in [1.82, 2.24) is 9.97 Å². The van der Waals surface area contributed by atoms with Crippen LogP contribution in [0.4, 0.5) is 0 Å². The summed E-state index contributed by atoms with van der Waals surface area (Å²) in [4.78, 5) is 8.75. The smallest absolute Gasteiger partial charge is 0.145 e. The molecule has 0 saturated heterocycles. The summed E-state index contributed by atoms with van der Waals surface area (Å²) in [6.07, 6.45) is 3.65. The minimum Gasteiger partial charge on any atom is -0.494 e. The number of aromatic nitrogens is 2. The van der Waals surface area contributed by atoms with Gasteiger partial charge in [-0.05, 0) is 18.1 Å². The van der Waals surface area contributed by atoms with Gasteiger partial charge in [0.25, 0.3) is 0 Å². The highest BCUT2D eigenvalue weighted by Gasteiger charge is 2.10. The number of hydrogen-bond donors (Lipinski definition) is 1. The molecule has 0 amide bonds. The van der Waals surface area contributed by atoms with Crippen molar-refractivity contribution in [2.24, 2.45) is 0 Å². The van der Waals surface area contributed by atoms with Gasteiger partial charge in [-0.15, -0.1) is 0 Å². The Hall–Kier alpha value is -2.47. The molecular weight excluding hydrogens is 322 g/mol. The van der Waals surface area contributed by atoms with E-state index in [1.165, 1.54) is 6.26 Å². The molecule has 5 nitrogen and oxygen atoms in total. The van der Waals surface area contributed by atoms with Gasteiger partial charge in [-0.1, -0.05) is 36.4 Å². The molecule has 1 aromatic heterocycles. The number of benzene rings is 2. The van der Waals surface area contributed by atoms with E-state index in [9.17, 15) is 4.21 Å². The fourth-order valence-electron chi connectivity index (χ4n) is 2.60. The largest absolute Gasteiger partial charge is 0.494 e. The Balaban J connectivity index is 1.96. The summed E-state index contributed by atoms with van der Waals surface area (Å²) >= 11 is 0. The molecule has 24 heavy (non-hydrogen) atoms. The molecule has 0 aliphatic heterocycles. The van der Waals surface area contributed by atoms with Crippen molar-refractivity contribution in [1.29, 1.82) is 4.78 Å². The molecule has 1 heterocycles. The normalized spacial score (nSPS) is 13.6. The zero-order valence-electron chi connectivity index (χ0n) is 13.7. The van der Waals surface area contributed by atoms with Crippen LogP contribution in [-0.2, 0) is 16.1 Å². The first-order valence-electron chi connectivity index (χ1n) is 7.56. The summed E-state index contributed by atoms with van der Waals surface area (Å²) < 4.78 is 24.3. The fourth-order valence-corrected chi connectivity index (χ4v) is 3.22. The lowest BCUT2D eigenvalue weighted by atomic mass is 10.0. The lowest BCUT2D eigenvalue weighted by Crippen LogP contribution is -2.04. The fraction of sp³-hybridized carbons (Fsp3) is 0.222. The molecule has 0 aliphatic rings. The Morgan fingerprint density at radius 3 is 2.54 bits per heavy atom. The lowest BCUT2D eigenvalue weighted by Gasteiger charge is -2.09. The number of rotatable bonds is 5. The van der Waals surface area contributed by atoms with Gasteiger partial charge in [-0.25, -0.2) is 9.97 Å². The third kappa shape index (κ3) is 3.54. The zero-order valence-corrected chi connectivity index (χ0v) is 14.5. The summed E-state index contributed by atoms with van der Waals surface area (Å²) in [5.74, 6) is 1.10. The van der Waals surface area contributed by atoms with Crippen molar-refractivity contribution in [3.05, 3.63) is 54.4 Å². The van der Waals surface area contributed by atoms with Crippen molar-refractivity contribution < 1.29 is 8.95 Å². The second kappa shape index (κ2) is 6.57. The van der Waals surface area contributed by atoms with Crippen LogP contribution in [0, 0.1) is 4.78 Å². The van der Waals surface area contributed by atoms with Crippen molar-refractivity contribution >= 4 is 20.6 Å². The van der Waals surface area contributed by atoms with E-state index in [1.54, 1.807) is 13.4 Å². The van der Waals surface area contributed by atoms with E-state index in [0.717, 1.165) is 33.5 Å². The van der Waals surface area contributed by atoms with Gasteiger partial charge < -0.3 is 4.74 Å². The molecule has 0 spiro atoms. The van der Waals surface area contributed by atoms with E-state index >= 15 is 0 Å². The Kier molecular flexibility index (Phi) is 4.49. The standard InChI is InChI=1S/C18H19N3O2S/c1-23-16-5-3-4-15-17(20-12-21-18(15)16)14-8-6-13(7-9-14)10-11-24(2,19)22/h3-9,12,19H,10-11H2,1-2H3. The minimum absolute atomic E-state index is 0.375. The molecule has 1 N–H and O–H groups in total. The van der Waals surface area contributed by atoms with Crippen LogP contribution in [-0.4, -0.2) is 33.3 Å². The first-order chi connectivity index (χ1) is 11.5. The third-order valence-electron chi connectivity index (χ3n) is 3.86. The third-order valence-corrected chi connectivity index (χ3v) is 4.84. The quantitative estimate of drug-likeness (QED) is 0.770. The van der Waals surface area contributed by atoms with Gasteiger partial charge in [0.15, 0.2) is 0 Å². The van der Waals surface area contributed by atoms with Crippen LogP contribution in [0.2, 0.25) is 0 Å². The molecule has 3 aromatic rings. The van der Waals surface area contributed by atoms with E-state index < -0.39 is 9.73 Å². The SMILES string of the molecule is COc1cccc2c(-c3ccc(CCS(C)(=N)=O)cc3)ncnc12. The van der Waals surface area contributed by atoms with Gasteiger partial charge in [-0.2, -0.15) is 0 Å². The van der Waals surface area contributed by atoms with Crippen LogP contribution >= 0.6 is 0 Å². The second-order valence-corrected chi connectivity index (χ2v) is 8.15. The highest BCUT2D eigenvalue weighted by atomic mass is 32.2. The summed E-state index contributed by atoms with van der Waals surface area (Å²) in [6.45, 7) is 0. The first-order valence-corrected chi connectivity index (χ1v) is 9.70. The van der Waals surface area contributed by atoms with E-state index in [4.69, 9.17) is 9.52 Å². The summed E-state index contributed by atoms with van der Waals surface area (Å²) in [7, 11) is -0.827. The van der Waals surface area contributed by atoms with Crippen molar-refractivity contribution in [2.45, 2.75) is 6.42 Å². The first kappa shape index (κ1) is 16.4. The molecule has 6 heteroatoms. The maximum atomic E-state index is 11.5. The van der Waals surface area contributed by atoms with Crippen molar-refractivity contribution in [2.75, 3.05) is 19.1 Å². The predicted molar refractivity (Wildman–Crippen MR) is 96.9 cm³/mol. The monoisotopic (exact) mass is 341 g/mol. The lowest BCUT2D eigenvalue weighted by molar-refractivity contribution is 0.419. The number of methoxy groups -OCH3 is 1. The van der Waals surface area contributed by atoms with Crippen molar-refractivity contribution in [3.63, 3.8) is 0 Å². The van der Waals surface area contributed by atoms with Gasteiger partial charge in [-0.3, -0.25) is 8.99 Å². The van der Waals surface area contributed by atoms with E-state index in [0.29, 0.717) is 12.2 Å². The molecule has 1 atom stereocenters. The summed E-state index contributed by atoms with van der Waals surface area (Å²) in [5, 5.41) is 0.937. The van der Waals surface area contributed by atoms with Crippen LogP contribution in [0.1, 0.15) is 5.56 Å². The van der Waals surface area contributed by atoms with Crippen LogP contribution < -0.4 is 4.74 Å². The molecule has 3 rings (SSSR count). The number of fused-ring (bicyclic) bond motifs is 1. The molecular formula is C18H19N3O2S. The molecule has 2 aromatic carbocycles. The number of aryl methyl sites for hydroxylation is 1. The van der Waals surface area contributed by atoms with Gasteiger partial charge in [0, 0.05) is 32.7 Å². The van der Waals surface area contributed by atoms with Gasteiger partial charge in [0.05, 0.1) is 12.8 Å². The molecule has 1 unspecified atom stereocenters. The van der Waals surface area contributed by atoms with Crippen LogP contribution in [0.5, 0.6) is 5.75 Å². The highest BCUT2D eigenvalue weighted by molar-refractivity contribution is 7.91. The maximum absolute atomic E-state index is 11.5. The molecule has 0 saturated carbocycles. The van der Waals surface area contributed by atoms with Crippen LogP contribution in [0.25, 0.3) is 22.2 Å². The average Bonchev–Trinajstić information content (AvgIpc) is 2.59. The van der Waals surface area contributed by atoms with Crippen molar-refractivity contribution in [3.8, 4) is 17.0 Å². The number of nitrogens with one attached hydrogen (secondary N) is 1. The summed E-state index contributed by atoms with van der Waals surface area (Å²) in [5.41, 5.74) is 3.69. The van der Waals surface area contributed by atoms with E-state index in [-0.39, 0.29) is 0 Å². The zero-order chi connectivity index (χ0) is 17.2. The summed E-state index contributed by atoms with van der Waals surface area (Å²) in [6, 6.07) is 13.8. The van der Waals surface area contributed by atoms with Crippen LogP contribution in [0.15, 0.2) is 48.8 Å². The van der Waals surface area contributed by atoms with Gasteiger partial charge in [0.1, 0.15) is 17.6 Å². The number of hydrogen-bond acceptors (Lipinski definition) is 5. The molecule has 0 bridgehead atoms. The molecule has 124 valence electrons. The Morgan fingerprint density at radius 2 is 1.88 bits per heavy atom. The second-order valence-electron chi connectivity index (χ2n) is 5.73. The Morgan fingerprint density at radius 1 is 1.12 bits per heavy atom. The molecule has 0 radical (unpaired) electrons. The van der Waals surface area contributed by atoms with E-state index in [1.807, 2.05) is 42.5 Å². The average molecular weight is 341 g/mol. The van der Waals surface area contributed by atoms with Crippen LogP contribution in [0.3, 0.4) is 0 Å². The Labute approximate surface area is 141 Å². The maximum Gasteiger partial charge on any atom is 0.145 e. The van der Waals surface area contributed by atoms with Gasteiger partial charge in [0.2, 0.25) is 0 Å². The van der Waals surface area contributed by atoms with Gasteiger partial charge >= 0.3 is 0 Å². The number of para-hydroxylation sites is 1. The van der Waals surface area contributed by atoms with E-state index in [2.05, 4.69) is 9.97 Å². The molecule has 0 fully saturated rings. The predicted octanol–water partition coefficient (Wildman–Crippen LogP) is 3.52. The minimum atomic E-state index is -2.46. The highest BCUT2D eigenvalue weighted by Crippen LogP contribution is 2.30. The molecule has 0 aliphatic carbocycles. The number of ether oxygens (including phenoxy) is 1. The Bertz CT molecular complexity index is 967. The topological polar surface area (TPSA) is 75.9 Å².